The van der Waals surface area contributed by atoms with Crippen LogP contribution in [0.2, 0.25) is 0 Å². The molecule has 4 heteroatoms. The van der Waals surface area contributed by atoms with E-state index in [1.54, 1.807) is 0 Å². The molecule has 0 fully saturated rings. The van der Waals surface area contributed by atoms with E-state index in [1.807, 2.05) is 38.1 Å². The highest BCUT2D eigenvalue weighted by atomic mass is 16.3. The molecule has 0 aliphatic rings. The third-order valence-corrected chi connectivity index (χ3v) is 4.29. The molecule has 1 amide bonds. The Morgan fingerprint density at radius 1 is 1.10 bits per heavy atom. The van der Waals surface area contributed by atoms with Gasteiger partial charge in [0.25, 0.3) is 5.91 Å². The van der Waals surface area contributed by atoms with Crippen LogP contribution in [0.1, 0.15) is 50.9 Å². The number of hydrogen-bond donors (Lipinski definition) is 2. The fraction of sp³-hybridized carbons (Fsp3) is 0.588. The van der Waals surface area contributed by atoms with E-state index in [0.717, 1.165) is 18.8 Å². The van der Waals surface area contributed by atoms with Gasteiger partial charge in [0, 0.05) is 24.3 Å². The fourth-order valence-corrected chi connectivity index (χ4v) is 2.42. The Morgan fingerprint density at radius 3 is 2.00 bits per heavy atom. The van der Waals surface area contributed by atoms with E-state index in [0.29, 0.717) is 18.4 Å². The number of nitrogens with one attached hydrogen (secondary N) is 1. The SMILES string of the molecule is CCN(CC)c1ccc(C(=O)NC(CC)(CC)CO)cc1. The van der Waals surface area contributed by atoms with E-state index in [2.05, 4.69) is 24.1 Å². The van der Waals surface area contributed by atoms with Gasteiger partial charge in [0.15, 0.2) is 0 Å². The number of anilines is 1. The van der Waals surface area contributed by atoms with Crippen LogP contribution in [0.25, 0.3) is 0 Å². The Kier molecular flexibility index (Phi) is 6.69. The quantitative estimate of drug-likeness (QED) is 0.774. The maximum absolute atomic E-state index is 12.3. The molecule has 0 heterocycles. The van der Waals surface area contributed by atoms with Crippen molar-refractivity contribution in [1.82, 2.24) is 5.32 Å². The molecule has 0 bridgehead atoms. The molecule has 0 unspecified atom stereocenters. The predicted octanol–water partition coefficient (Wildman–Crippen LogP) is 2.81. The number of nitrogens with zero attached hydrogens (tertiary/aromatic N) is 1. The Hall–Kier alpha value is -1.55. The largest absolute Gasteiger partial charge is 0.394 e. The molecule has 0 aliphatic carbocycles. The second-order valence-electron chi connectivity index (χ2n) is 5.32. The number of amides is 1. The first-order chi connectivity index (χ1) is 10.1. The third kappa shape index (κ3) is 4.21. The van der Waals surface area contributed by atoms with Crippen LogP contribution in [-0.4, -0.2) is 36.2 Å². The van der Waals surface area contributed by atoms with Crippen molar-refractivity contribution in [2.75, 3.05) is 24.6 Å². The zero-order valence-corrected chi connectivity index (χ0v) is 13.6. The summed E-state index contributed by atoms with van der Waals surface area (Å²) in [6.07, 6.45) is 1.42. The molecule has 1 aromatic carbocycles. The molecule has 21 heavy (non-hydrogen) atoms. The predicted molar refractivity (Wildman–Crippen MR) is 87.9 cm³/mol. The summed E-state index contributed by atoms with van der Waals surface area (Å²) in [5.74, 6) is -0.126. The van der Waals surface area contributed by atoms with Gasteiger partial charge in [-0.05, 0) is 51.0 Å². The Labute approximate surface area is 128 Å². The Balaban J connectivity index is 2.84. The molecule has 4 nitrogen and oxygen atoms in total. The van der Waals surface area contributed by atoms with Crippen LogP contribution in [0.15, 0.2) is 24.3 Å². The van der Waals surface area contributed by atoms with Crippen molar-refractivity contribution in [1.29, 1.82) is 0 Å². The van der Waals surface area contributed by atoms with E-state index < -0.39 is 5.54 Å². The summed E-state index contributed by atoms with van der Waals surface area (Å²) in [5.41, 5.74) is 1.23. The van der Waals surface area contributed by atoms with Crippen molar-refractivity contribution in [3.63, 3.8) is 0 Å². The summed E-state index contributed by atoms with van der Waals surface area (Å²) in [7, 11) is 0. The van der Waals surface area contributed by atoms with Crippen molar-refractivity contribution < 1.29 is 9.90 Å². The van der Waals surface area contributed by atoms with Crippen molar-refractivity contribution in [2.24, 2.45) is 0 Å². The summed E-state index contributed by atoms with van der Waals surface area (Å²) in [5, 5.41) is 12.5. The minimum Gasteiger partial charge on any atom is -0.394 e. The van der Waals surface area contributed by atoms with Crippen LogP contribution in [0.4, 0.5) is 5.69 Å². The van der Waals surface area contributed by atoms with Crippen molar-refractivity contribution in [2.45, 2.75) is 46.1 Å². The number of aliphatic hydroxyl groups excluding tert-OH is 1. The molecular formula is C17H28N2O2. The van der Waals surface area contributed by atoms with Gasteiger partial charge in [-0.25, -0.2) is 0 Å². The highest BCUT2D eigenvalue weighted by Gasteiger charge is 2.27. The third-order valence-electron chi connectivity index (χ3n) is 4.29. The molecule has 1 aromatic rings. The first-order valence-electron chi connectivity index (χ1n) is 7.84. The van der Waals surface area contributed by atoms with Crippen LogP contribution in [0.3, 0.4) is 0 Å². The average molecular weight is 292 g/mol. The van der Waals surface area contributed by atoms with Gasteiger partial charge < -0.3 is 15.3 Å². The normalized spacial score (nSPS) is 11.3. The van der Waals surface area contributed by atoms with Gasteiger partial charge >= 0.3 is 0 Å². The molecule has 2 N–H and O–H groups in total. The topological polar surface area (TPSA) is 52.6 Å². The smallest absolute Gasteiger partial charge is 0.251 e. The lowest BCUT2D eigenvalue weighted by Gasteiger charge is -2.30. The first kappa shape index (κ1) is 17.5. The van der Waals surface area contributed by atoms with Crippen LogP contribution in [0.5, 0.6) is 0 Å². The molecule has 0 aliphatic heterocycles. The Morgan fingerprint density at radius 2 is 1.62 bits per heavy atom. The molecular weight excluding hydrogens is 264 g/mol. The Bertz CT molecular complexity index is 426. The maximum Gasteiger partial charge on any atom is 0.251 e. The van der Waals surface area contributed by atoms with E-state index in [1.165, 1.54) is 0 Å². The lowest BCUT2D eigenvalue weighted by atomic mass is 9.93. The molecule has 0 saturated heterocycles. The molecule has 0 aromatic heterocycles. The molecule has 1 rings (SSSR count). The number of carbonyl (C=O) groups excluding carboxylic acids is 1. The maximum atomic E-state index is 12.3. The minimum absolute atomic E-state index is 0.0384. The van der Waals surface area contributed by atoms with Crippen molar-refractivity contribution in [3.8, 4) is 0 Å². The monoisotopic (exact) mass is 292 g/mol. The van der Waals surface area contributed by atoms with Gasteiger partial charge in [0.1, 0.15) is 0 Å². The summed E-state index contributed by atoms with van der Waals surface area (Å²) in [6, 6.07) is 7.63. The molecule has 118 valence electrons. The van der Waals surface area contributed by atoms with Crippen molar-refractivity contribution >= 4 is 11.6 Å². The van der Waals surface area contributed by atoms with Gasteiger partial charge in [-0.3, -0.25) is 4.79 Å². The second kappa shape index (κ2) is 8.03. The van der Waals surface area contributed by atoms with Crippen molar-refractivity contribution in [3.05, 3.63) is 29.8 Å². The van der Waals surface area contributed by atoms with Crippen LogP contribution in [-0.2, 0) is 0 Å². The number of benzene rings is 1. The zero-order chi connectivity index (χ0) is 15.9. The number of rotatable bonds is 8. The summed E-state index contributed by atoms with van der Waals surface area (Å²) in [6.45, 7) is 10.0. The van der Waals surface area contributed by atoms with Crippen LogP contribution >= 0.6 is 0 Å². The van der Waals surface area contributed by atoms with Gasteiger partial charge in [-0.2, -0.15) is 0 Å². The minimum atomic E-state index is -0.519. The molecule has 0 spiro atoms. The van der Waals surface area contributed by atoms with E-state index in [4.69, 9.17) is 0 Å². The number of carbonyl (C=O) groups is 1. The zero-order valence-electron chi connectivity index (χ0n) is 13.6. The van der Waals surface area contributed by atoms with E-state index in [-0.39, 0.29) is 12.5 Å². The molecule has 0 radical (unpaired) electrons. The average Bonchev–Trinajstić information content (AvgIpc) is 2.54. The number of hydrogen-bond acceptors (Lipinski definition) is 3. The van der Waals surface area contributed by atoms with Gasteiger partial charge in [-0.1, -0.05) is 13.8 Å². The van der Waals surface area contributed by atoms with Crippen LogP contribution < -0.4 is 10.2 Å². The second-order valence-corrected chi connectivity index (χ2v) is 5.32. The molecule has 0 atom stereocenters. The van der Waals surface area contributed by atoms with Gasteiger partial charge in [-0.15, -0.1) is 0 Å². The lowest BCUT2D eigenvalue weighted by molar-refractivity contribution is 0.0818. The van der Waals surface area contributed by atoms with Gasteiger partial charge in [0.2, 0.25) is 0 Å². The summed E-state index contributed by atoms with van der Waals surface area (Å²) >= 11 is 0. The van der Waals surface area contributed by atoms with Crippen LogP contribution in [0, 0.1) is 0 Å². The number of aliphatic hydroxyl groups is 1. The van der Waals surface area contributed by atoms with Gasteiger partial charge in [0.05, 0.1) is 12.1 Å². The summed E-state index contributed by atoms with van der Waals surface area (Å²) in [4.78, 5) is 14.6. The summed E-state index contributed by atoms with van der Waals surface area (Å²) < 4.78 is 0. The molecule has 0 saturated carbocycles. The first-order valence-corrected chi connectivity index (χ1v) is 7.84. The van der Waals surface area contributed by atoms with E-state index in [9.17, 15) is 9.90 Å². The highest BCUT2D eigenvalue weighted by molar-refractivity contribution is 5.95. The van der Waals surface area contributed by atoms with E-state index >= 15 is 0 Å². The lowest BCUT2D eigenvalue weighted by Crippen LogP contribution is -2.50. The fourth-order valence-electron chi connectivity index (χ4n) is 2.42. The highest BCUT2D eigenvalue weighted by Crippen LogP contribution is 2.18. The standard InChI is InChI=1S/C17H28N2O2/c1-5-17(6-2,13-20)18-16(21)14-9-11-15(12-10-14)19(7-3)8-4/h9-12,20H,5-8,13H2,1-4H3,(H,18,21).